The zero-order valence-electron chi connectivity index (χ0n) is 24.2. The SMILES string of the molecule is C=CCCCOC(=O)[C@@H]1[C@H]2C(=O)N([C@@H](CC)CO)C(C(=O)N(CC=C)C(C)(C)CC(C)(C)C)C23CC[C@H]1O3. The molecule has 1 N–H and O–H groups in total. The summed E-state index contributed by atoms with van der Waals surface area (Å²) < 4.78 is 12.1. The second kappa shape index (κ2) is 11.5. The zero-order chi connectivity index (χ0) is 28.5. The van der Waals surface area contributed by atoms with Crippen molar-refractivity contribution in [2.75, 3.05) is 19.8 Å². The van der Waals surface area contributed by atoms with Crippen LogP contribution in [-0.4, -0.2) is 81.8 Å². The lowest BCUT2D eigenvalue weighted by molar-refractivity contribution is -0.158. The van der Waals surface area contributed by atoms with Crippen LogP contribution in [0.5, 0.6) is 0 Å². The molecule has 3 fully saturated rings. The Morgan fingerprint density at radius 1 is 1.26 bits per heavy atom. The van der Waals surface area contributed by atoms with Crippen molar-refractivity contribution in [1.82, 2.24) is 9.80 Å². The lowest BCUT2D eigenvalue weighted by Crippen LogP contribution is -2.62. The van der Waals surface area contributed by atoms with Crippen molar-refractivity contribution in [3.05, 3.63) is 25.3 Å². The largest absolute Gasteiger partial charge is 0.465 e. The van der Waals surface area contributed by atoms with Gasteiger partial charge in [0.2, 0.25) is 11.8 Å². The first-order valence-electron chi connectivity index (χ1n) is 14.1. The van der Waals surface area contributed by atoms with Crippen LogP contribution in [-0.2, 0) is 23.9 Å². The van der Waals surface area contributed by atoms with E-state index in [4.69, 9.17) is 9.47 Å². The summed E-state index contributed by atoms with van der Waals surface area (Å²) in [5.74, 6) is -2.53. The molecule has 3 aliphatic heterocycles. The number of fused-ring (bicyclic) bond motifs is 1. The van der Waals surface area contributed by atoms with Gasteiger partial charge in [-0.3, -0.25) is 14.4 Å². The first-order chi connectivity index (χ1) is 17.8. The Hall–Kier alpha value is -2.19. The molecule has 3 aliphatic rings. The van der Waals surface area contributed by atoms with Crippen LogP contribution < -0.4 is 0 Å². The van der Waals surface area contributed by atoms with Crippen LogP contribution in [0, 0.1) is 17.3 Å². The van der Waals surface area contributed by atoms with E-state index in [9.17, 15) is 19.5 Å². The molecule has 0 aromatic heterocycles. The molecule has 2 unspecified atom stereocenters. The van der Waals surface area contributed by atoms with Gasteiger partial charge in [0.15, 0.2) is 0 Å². The summed E-state index contributed by atoms with van der Waals surface area (Å²) in [4.78, 5) is 45.3. The van der Waals surface area contributed by atoms with Crippen LogP contribution in [0.15, 0.2) is 25.3 Å². The maximum Gasteiger partial charge on any atom is 0.312 e. The number of hydrogen-bond acceptors (Lipinski definition) is 6. The number of carbonyl (C=O) groups excluding carboxylic acids is 3. The maximum atomic E-state index is 14.6. The number of allylic oxidation sites excluding steroid dienone is 1. The molecule has 8 nitrogen and oxygen atoms in total. The number of esters is 1. The minimum atomic E-state index is -1.12. The van der Waals surface area contributed by atoms with Gasteiger partial charge in [-0.1, -0.05) is 39.8 Å². The third kappa shape index (κ3) is 5.44. The molecule has 0 aromatic carbocycles. The van der Waals surface area contributed by atoms with Gasteiger partial charge in [-0.25, -0.2) is 0 Å². The van der Waals surface area contributed by atoms with Gasteiger partial charge in [-0.15, -0.1) is 13.2 Å². The van der Waals surface area contributed by atoms with Crippen molar-refractivity contribution in [2.45, 2.75) is 109 Å². The Labute approximate surface area is 228 Å². The molecule has 3 heterocycles. The highest BCUT2D eigenvalue weighted by atomic mass is 16.6. The summed E-state index contributed by atoms with van der Waals surface area (Å²) >= 11 is 0. The quantitative estimate of drug-likeness (QED) is 0.220. The summed E-state index contributed by atoms with van der Waals surface area (Å²) in [6, 6.07) is -1.49. The van der Waals surface area contributed by atoms with E-state index in [1.54, 1.807) is 17.1 Å². The minimum Gasteiger partial charge on any atom is -0.465 e. The Balaban J connectivity index is 2.04. The number of nitrogens with zero attached hydrogens (tertiary/aromatic N) is 2. The summed E-state index contributed by atoms with van der Waals surface area (Å²) in [6.07, 6.45) is 6.70. The Bertz CT molecular complexity index is 920. The second-order valence-corrected chi connectivity index (χ2v) is 12.9. The van der Waals surface area contributed by atoms with Gasteiger partial charge in [0.1, 0.15) is 11.6 Å². The second-order valence-electron chi connectivity index (χ2n) is 12.9. The lowest BCUT2D eigenvalue weighted by Gasteiger charge is -2.46. The number of hydrogen-bond donors (Lipinski definition) is 1. The van der Waals surface area contributed by atoms with Crippen LogP contribution in [0.3, 0.4) is 0 Å². The topological polar surface area (TPSA) is 96.4 Å². The summed E-state index contributed by atoms with van der Waals surface area (Å²) in [5, 5.41) is 10.3. The maximum absolute atomic E-state index is 14.6. The van der Waals surface area contributed by atoms with Gasteiger partial charge in [0, 0.05) is 12.1 Å². The van der Waals surface area contributed by atoms with Crippen LogP contribution in [0.25, 0.3) is 0 Å². The van der Waals surface area contributed by atoms with Gasteiger partial charge in [0.25, 0.3) is 0 Å². The number of likely N-dealkylation sites (tertiary alicyclic amines) is 1. The predicted molar refractivity (Wildman–Crippen MR) is 146 cm³/mol. The van der Waals surface area contributed by atoms with Crippen LogP contribution in [0.1, 0.15) is 80.1 Å². The average molecular weight is 533 g/mol. The van der Waals surface area contributed by atoms with E-state index in [0.717, 1.165) is 12.8 Å². The van der Waals surface area contributed by atoms with Crippen molar-refractivity contribution >= 4 is 17.8 Å². The number of carbonyl (C=O) groups is 3. The molecule has 214 valence electrons. The predicted octanol–water partition coefficient (Wildman–Crippen LogP) is 3.87. The van der Waals surface area contributed by atoms with Crippen molar-refractivity contribution in [1.29, 1.82) is 0 Å². The summed E-state index contributed by atoms with van der Waals surface area (Å²) in [5.41, 5.74) is -1.70. The van der Waals surface area contributed by atoms with Gasteiger partial charge < -0.3 is 24.4 Å². The highest BCUT2D eigenvalue weighted by Gasteiger charge is 2.75. The number of amides is 2. The highest BCUT2D eigenvalue weighted by Crippen LogP contribution is 2.59. The van der Waals surface area contributed by atoms with Crippen LogP contribution in [0.4, 0.5) is 0 Å². The zero-order valence-corrected chi connectivity index (χ0v) is 24.2. The van der Waals surface area contributed by atoms with E-state index in [1.165, 1.54) is 4.90 Å². The minimum absolute atomic E-state index is 0.0466. The molecule has 6 atom stereocenters. The molecule has 0 aliphatic carbocycles. The third-order valence-corrected chi connectivity index (χ3v) is 8.39. The van der Waals surface area contributed by atoms with Crippen LogP contribution in [0.2, 0.25) is 0 Å². The number of rotatable bonds is 13. The van der Waals surface area contributed by atoms with E-state index in [1.807, 2.05) is 20.8 Å². The molecule has 38 heavy (non-hydrogen) atoms. The molecule has 2 amide bonds. The van der Waals surface area contributed by atoms with E-state index < -0.39 is 47.1 Å². The van der Waals surface area contributed by atoms with Gasteiger partial charge in [0.05, 0.1) is 37.2 Å². The third-order valence-electron chi connectivity index (χ3n) is 8.39. The molecule has 8 heteroatoms. The smallest absolute Gasteiger partial charge is 0.312 e. The van der Waals surface area contributed by atoms with E-state index in [-0.39, 0.29) is 30.4 Å². The Morgan fingerprint density at radius 2 is 1.95 bits per heavy atom. The summed E-state index contributed by atoms with van der Waals surface area (Å²) in [7, 11) is 0. The molecule has 0 saturated carbocycles. The molecule has 2 bridgehead atoms. The van der Waals surface area contributed by atoms with Gasteiger partial charge in [-0.05, 0) is 57.8 Å². The Morgan fingerprint density at radius 3 is 2.50 bits per heavy atom. The molecular formula is C30H48N2O6. The Kier molecular flexibility index (Phi) is 9.19. The fourth-order valence-electron chi connectivity index (χ4n) is 7.25. The van der Waals surface area contributed by atoms with E-state index >= 15 is 0 Å². The average Bonchev–Trinajstić information content (AvgIpc) is 3.47. The lowest BCUT2D eigenvalue weighted by atomic mass is 9.70. The molecule has 3 rings (SSSR count). The molecular weight excluding hydrogens is 484 g/mol. The normalized spacial score (nSPS) is 29.2. The van der Waals surface area contributed by atoms with Gasteiger partial charge >= 0.3 is 5.97 Å². The van der Waals surface area contributed by atoms with Crippen molar-refractivity contribution < 1.29 is 29.0 Å². The molecule has 3 saturated heterocycles. The monoisotopic (exact) mass is 532 g/mol. The van der Waals surface area contributed by atoms with E-state index in [0.29, 0.717) is 32.2 Å². The van der Waals surface area contributed by atoms with E-state index in [2.05, 4.69) is 33.9 Å². The van der Waals surface area contributed by atoms with Crippen molar-refractivity contribution in [3.63, 3.8) is 0 Å². The number of aliphatic hydroxyl groups is 1. The fraction of sp³-hybridized carbons (Fsp3) is 0.767. The highest BCUT2D eigenvalue weighted by molar-refractivity contribution is 5.98. The molecule has 0 aromatic rings. The molecule has 0 radical (unpaired) electrons. The summed E-state index contributed by atoms with van der Waals surface area (Å²) in [6.45, 7) is 20.2. The van der Waals surface area contributed by atoms with Crippen molar-refractivity contribution in [3.8, 4) is 0 Å². The first-order valence-corrected chi connectivity index (χ1v) is 14.1. The van der Waals surface area contributed by atoms with Crippen molar-refractivity contribution in [2.24, 2.45) is 17.3 Å². The number of aliphatic hydroxyl groups excluding tert-OH is 1. The molecule has 1 spiro atoms. The standard InChI is InChI=1S/C30H48N2O6/c1-9-12-13-17-37-27(36)22-21-14-15-30(38-21)23(22)25(34)32(20(11-3)18-33)24(30)26(35)31(16-10-2)29(7,8)19-28(4,5)6/h9-10,20-24,33H,1-2,11-19H2,3-8H3/t20-,21+,22-,23-,24?,30?/m0/s1. The fourth-order valence-corrected chi connectivity index (χ4v) is 7.25. The first kappa shape index (κ1) is 30.4. The number of unbranched alkanes of at least 4 members (excludes halogenated alkanes) is 1. The van der Waals surface area contributed by atoms with Crippen LogP contribution >= 0.6 is 0 Å². The number of ether oxygens (including phenoxy) is 2. The van der Waals surface area contributed by atoms with Gasteiger partial charge in [-0.2, -0.15) is 0 Å².